The molecule has 0 fully saturated rings. The Bertz CT molecular complexity index is 664. The highest BCUT2D eigenvalue weighted by Crippen LogP contribution is 2.25. The van der Waals surface area contributed by atoms with Crippen molar-refractivity contribution >= 4 is 23.0 Å². The second kappa shape index (κ2) is 5.75. The summed E-state index contributed by atoms with van der Waals surface area (Å²) in [6.07, 6.45) is 0. The summed E-state index contributed by atoms with van der Waals surface area (Å²) < 4.78 is 13.5. The number of nitrogens with zero attached hydrogens (tertiary/aromatic N) is 1. The van der Waals surface area contributed by atoms with E-state index >= 15 is 0 Å². The molecule has 0 aromatic heterocycles. The van der Waals surface area contributed by atoms with Gasteiger partial charge < -0.3 is 10.4 Å². The van der Waals surface area contributed by atoms with Crippen molar-refractivity contribution in [3.63, 3.8) is 0 Å². The van der Waals surface area contributed by atoms with Gasteiger partial charge in [-0.15, -0.1) is 0 Å². The van der Waals surface area contributed by atoms with E-state index in [9.17, 15) is 19.6 Å². The van der Waals surface area contributed by atoms with Gasteiger partial charge in [-0.25, -0.2) is 4.39 Å². The lowest BCUT2D eigenvalue weighted by molar-refractivity contribution is -0.384. The molecule has 2 rings (SSSR count). The summed E-state index contributed by atoms with van der Waals surface area (Å²) in [5, 5.41) is 22.8. The van der Waals surface area contributed by atoms with Crippen LogP contribution in [0.4, 0.5) is 15.8 Å². The number of halogens is 2. The Morgan fingerprint density at radius 3 is 2.70 bits per heavy atom. The van der Waals surface area contributed by atoms with Crippen LogP contribution in [0.3, 0.4) is 0 Å². The minimum atomic E-state index is -0.595. The summed E-state index contributed by atoms with van der Waals surface area (Å²) in [5.74, 6) is -0.627. The van der Waals surface area contributed by atoms with E-state index in [1.807, 2.05) is 0 Å². The van der Waals surface area contributed by atoms with Gasteiger partial charge in [0.25, 0.3) is 5.69 Å². The van der Waals surface area contributed by atoms with Crippen LogP contribution < -0.4 is 5.32 Å². The molecule has 2 aromatic rings. The average Bonchev–Trinajstić information content (AvgIpc) is 2.41. The van der Waals surface area contributed by atoms with Gasteiger partial charge in [-0.2, -0.15) is 0 Å². The highest BCUT2D eigenvalue weighted by atomic mass is 35.5. The highest BCUT2D eigenvalue weighted by Gasteiger charge is 2.10. The number of nitro groups is 1. The van der Waals surface area contributed by atoms with Gasteiger partial charge in [0, 0.05) is 18.7 Å². The Balaban J connectivity index is 2.15. The SMILES string of the molecule is O=[N+]([O-])c1ccc(F)c(NCc2ccc(O)c(Cl)c2)c1. The largest absolute Gasteiger partial charge is 0.506 e. The number of anilines is 1. The number of nitro benzene ring substituents is 1. The fourth-order valence-electron chi connectivity index (χ4n) is 1.62. The second-order valence-corrected chi connectivity index (χ2v) is 4.47. The Morgan fingerprint density at radius 2 is 2.05 bits per heavy atom. The fourth-order valence-corrected chi connectivity index (χ4v) is 1.82. The van der Waals surface area contributed by atoms with Crippen LogP contribution in [0.2, 0.25) is 5.02 Å². The van der Waals surface area contributed by atoms with Gasteiger partial charge in [0.2, 0.25) is 0 Å². The molecule has 20 heavy (non-hydrogen) atoms. The zero-order chi connectivity index (χ0) is 14.7. The zero-order valence-electron chi connectivity index (χ0n) is 10.1. The van der Waals surface area contributed by atoms with E-state index in [1.165, 1.54) is 12.1 Å². The predicted octanol–water partition coefficient (Wildman–Crippen LogP) is 3.71. The summed E-state index contributed by atoms with van der Waals surface area (Å²) in [6.45, 7) is 0.220. The maximum atomic E-state index is 13.5. The monoisotopic (exact) mass is 296 g/mol. The van der Waals surface area contributed by atoms with Crippen LogP contribution >= 0.6 is 11.6 Å². The van der Waals surface area contributed by atoms with E-state index in [4.69, 9.17) is 11.6 Å². The third kappa shape index (κ3) is 3.16. The van der Waals surface area contributed by atoms with Crippen LogP contribution in [-0.4, -0.2) is 10.0 Å². The molecule has 0 amide bonds. The van der Waals surface area contributed by atoms with Crippen molar-refractivity contribution in [2.24, 2.45) is 0 Å². The molecule has 0 saturated heterocycles. The Labute approximate surface area is 118 Å². The number of nitrogens with one attached hydrogen (secondary N) is 1. The fraction of sp³-hybridized carbons (Fsp3) is 0.0769. The lowest BCUT2D eigenvalue weighted by Crippen LogP contribution is -2.02. The first-order valence-corrected chi connectivity index (χ1v) is 6.00. The summed E-state index contributed by atoms with van der Waals surface area (Å²) in [4.78, 5) is 10.0. The van der Waals surface area contributed by atoms with E-state index in [0.717, 1.165) is 18.2 Å². The van der Waals surface area contributed by atoms with E-state index in [2.05, 4.69) is 5.32 Å². The van der Waals surface area contributed by atoms with Crippen LogP contribution in [0, 0.1) is 15.9 Å². The molecule has 0 saturated carbocycles. The average molecular weight is 297 g/mol. The van der Waals surface area contributed by atoms with Crippen LogP contribution in [-0.2, 0) is 6.54 Å². The van der Waals surface area contributed by atoms with Gasteiger partial charge in [0.1, 0.15) is 11.6 Å². The Kier molecular flexibility index (Phi) is 4.05. The number of phenols is 1. The van der Waals surface area contributed by atoms with Crippen LogP contribution in [0.15, 0.2) is 36.4 Å². The van der Waals surface area contributed by atoms with Crippen molar-refractivity contribution in [1.82, 2.24) is 0 Å². The topological polar surface area (TPSA) is 75.4 Å². The number of aromatic hydroxyl groups is 1. The van der Waals surface area contributed by atoms with Crippen LogP contribution in [0.25, 0.3) is 0 Å². The van der Waals surface area contributed by atoms with Crippen LogP contribution in [0.1, 0.15) is 5.56 Å². The number of hydrogen-bond donors (Lipinski definition) is 2. The molecule has 0 unspecified atom stereocenters. The smallest absolute Gasteiger partial charge is 0.271 e. The first kappa shape index (κ1) is 14.1. The maximum Gasteiger partial charge on any atom is 0.271 e. The number of hydrogen-bond acceptors (Lipinski definition) is 4. The van der Waals surface area contributed by atoms with Gasteiger partial charge in [-0.05, 0) is 23.8 Å². The number of benzene rings is 2. The molecule has 0 heterocycles. The van der Waals surface area contributed by atoms with E-state index in [1.54, 1.807) is 6.07 Å². The zero-order valence-corrected chi connectivity index (χ0v) is 10.9. The molecular weight excluding hydrogens is 287 g/mol. The van der Waals surface area contributed by atoms with Crippen molar-refractivity contribution in [3.8, 4) is 5.75 Å². The van der Waals surface area contributed by atoms with Gasteiger partial charge in [0.15, 0.2) is 0 Å². The summed E-state index contributed by atoms with van der Waals surface area (Å²) >= 11 is 5.75. The maximum absolute atomic E-state index is 13.5. The number of rotatable bonds is 4. The normalized spacial score (nSPS) is 10.3. The van der Waals surface area contributed by atoms with Crippen molar-refractivity contribution in [3.05, 3.63) is 62.9 Å². The minimum Gasteiger partial charge on any atom is -0.506 e. The Hall–Kier alpha value is -2.34. The molecule has 0 aliphatic rings. The second-order valence-electron chi connectivity index (χ2n) is 4.06. The van der Waals surface area contributed by atoms with Crippen LogP contribution in [0.5, 0.6) is 5.75 Å². The summed E-state index contributed by atoms with van der Waals surface area (Å²) in [7, 11) is 0. The van der Waals surface area contributed by atoms with E-state index in [0.29, 0.717) is 5.56 Å². The number of non-ortho nitro benzene ring substituents is 1. The molecule has 0 spiro atoms. The lowest BCUT2D eigenvalue weighted by Gasteiger charge is -2.08. The quantitative estimate of drug-likeness (QED) is 0.666. The highest BCUT2D eigenvalue weighted by molar-refractivity contribution is 6.32. The molecule has 7 heteroatoms. The Morgan fingerprint density at radius 1 is 1.30 bits per heavy atom. The first-order chi connectivity index (χ1) is 9.47. The lowest BCUT2D eigenvalue weighted by atomic mass is 10.2. The standard InChI is InChI=1S/C13H10ClFN2O3/c14-10-5-8(1-4-13(10)18)7-16-12-6-9(17(19)20)2-3-11(12)15/h1-6,16,18H,7H2. The molecule has 0 bridgehead atoms. The van der Waals surface area contributed by atoms with Gasteiger partial charge in [0.05, 0.1) is 15.6 Å². The molecule has 5 nitrogen and oxygen atoms in total. The summed E-state index contributed by atoms with van der Waals surface area (Å²) in [5.41, 5.74) is 0.541. The third-order valence-electron chi connectivity index (χ3n) is 2.66. The van der Waals surface area contributed by atoms with Gasteiger partial charge in [-0.1, -0.05) is 17.7 Å². The molecule has 0 aliphatic heterocycles. The van der Waals surface area contributed by atoms with Crippen molar-refractivity contribution in [1.29, 1.82) is 0 Å². The van der Waals surface area contributed by atoms with Crippen molar-refractivity contribution in [2.75, 3.05) is 5.32 Å². The molecule has 2 aromatic carbocycles. The molecule has 0 aliphatic carbocycles. The predicted molar refractivity (Wildman–Crippen MR) is 73.5 cm³/mol. The van der Waals surface area contributed by atoms with Gasteiger partial charge >= 0.3 is 0 Å². The molecular formula is C13H10ClFN2O3. The molecule has 0 radical (unpaired) electrons. The molecule has 2 N–H and O–H groups in total. The molecule has 104 valence electrons. The summed E-state index contributed by atoms with van der Waals surface area (Å²) in [6, 6.07) is 7.81. The first-order valence-electron chi connectivity index (χ1n) is 5.62. The molecule has 0 atom stereocenters. The third-order valence-corrected chi connectivity index (χ3v) is 2.96. The van der Waals surface area contributed by atoms with Crippen molar-refractivity contribution < 1.29 is 14.4 Å². The number of phenolic OH excluding ortho intramolecular Hbond substituents is 1. The minimum absolute atomic E-state index is 0.0309. The van der Waals surface area contributed by atoms with E-state index < -0.39 is 10.7 Å². The van der Waals surface area contributed by atoms with Crippen molar-refractivity contribution in [2.45, 2.75) is 6.54 Å². The van der Waals surface area contributed by atoms with Gasteiger partial charge in [-0.3, -0.25) is 10.1 Å². The van der Waals surface area contributed by atoms with E-state index in [-0.39, 0.29) is 28.7 Å².